The van der Waals surface area contributed by atoms with Crippen molar-refractivity contribution in [1.82, 2.24) is 10.2 Å². The topological polar surface area (TPSA) is 58.6 Å². The molecule has 1 spiro atoms. The lowest BCUT2D eigenvalue weighted by Crippen LogP contribution is -2.64. The molecule has 0 saturated carbocycles. The first-order chi connectivity index (χ1) is 11.2. The number of amides is 2. The van der Waals surface area contributed by atoms with Gasteiger partial charge in [-0.3, -0.25) is 9.59 Å². The first kappa shape index (κ1) is 14.3. The SMILES string of the molecule is O=C1N[C@@]2(CCCN(C(=O)c3cccs3)C2)Oc2ccccc21. The average molecular weight is 328 g/mol. The molecule has 2 amide bonds. The molecule has 23 heavy (non-hydrogen) atoms. The fraction of sp³-hybridized carbons (Fsp3) is 0.294. The van der Waals surface area contributed by atoms with Gasteiger partial charge in [0, 0.05) is 13.0 Å². The van der Waals surface area contributed by atoms with Crippen molar-refractivity contribution in [1.29, 1.82) is 0 Å². The Bertz CT molecular complexity index is 759. The third kappa shape index (κ3) is 2.49. The molecule has 4 rings (SSSR count). The van der Waals surface area contributed by atoms with Crippen LogP contribution in [-0.4, -0.2) is 35.5 Å². The summed E-state index contributed by atoms with van der Waals surface area (Å²) >= 11 is 1.43. The number of ether oxygens (including phenoxy) is 1. The number of benzene rings is 1. The Morgan fingerprint density at radius 3 is 2.96 bits per heavy atom. The van der Waals surface area contributed by atoms with E-state index in [2.05, 4.69) is 5.32 Å². The third-order valence-corrected chi connectivity index (χ3v) is 5.11. The van der Waals surface area contributed by atoms with Crippen molar-refractivity contribution in [2.75, 3.05) is 13.1 Å². The van der Waals surface area contributed by atoms with Gasteiger partial charge in [0.2, 0.25) is 5.72 Å². The summed E-state index contributed by atoms with van der Waals surface area (Å²) in [5.74, 6) is 0.440. The van der Waals surface area contributed by atoms with Crippen LogP contribution in [-0.2, 0) is 0 Å². The van der Waals surface area contributed by atoms with E-state index >= 15 is 0 Å². The van der Waals surface area contributed by atoms with E-state index in [1.54, 1.807) is 17.0 Å². The van der Waals surface area contributed by atoms with Gasteiger partial charge in [0.15, 0.2) is 0 Å². The van der Waals surface area contributed by atoms with Gasteiger partial charge in [-0.2, -0.15) is 0 Å². The van der Waals surface area contributed by atoms with E-state index in [4.69, 9.17) is 4.74 Å². The van der Waals surface area contributed by atoms with Gasteiger partial charge in [0.1, 0.15) is 5.75 Å². The quantitative estimate of drug-likeness (QED) is 0.875. The minimum atomic E-state index is -0.823. The number of hydrogen-bond acceptors (Lipinski definition) is 4. The summed E-state index contributed by atoms with van der Waals surface area (Å²) in [6.45, 7) is 1.04. The number of likely N-dealkylation sites (tertiary alicyclic amines) is 1. The number of carbonyl (C=O) groups is 2. The van der Waals surface area contributed by atoms with Crippen LogP contribution in [0.5, 0.6) is 5.75 Å². The Balaban J connectivity index is 1.60. The number of fused-ring (bicyclic) bond motifs is 1. The first-order valence-corrected chi connectivity index (χ1v) is 8.48. The molecule has 1 fully saturated rings. The highest BCUT2D eigenvalue weighted by Crippen LogP contribution is 2.33. The Hall–Kier alpha value is -2.34. The highest BCUT2D eigenvalue weighted by atomic mass is 32.1. The maximum atomic E-state index is 12.6. The van der Waals surface area contributed by atoms with Crippen LogP contribution in [0.4, 0.5) is 0 Å². The van der Waals surface area contributed by atoms with Crippen LogP contribution in [0.25, 0.3) is 0 Å². The number of hydrogen-bond donors (Lipinski definition) is 1. The Morgan fingerprint density at radius 1 is 1.26 bits per heavy atom. The molecule has 1 N–H and O–H groups in total. The highest BCUT2D eigenvalue weighted by Gasteiger charge is 2.44. The molecule has 2 aromatic rings. The van der Waals surface area contributed by atoms with Crippen molar-refractivity contribution in [3.63, 3.8) is 0 Å². The monoisotopic (exact) mass is 328 g/mol. The number of rotatable bonds is 1. The van der Waals surface area contributed by atoms with Crippen LogP contribution in [0.2, 0.25) is 0 Å². The van der Waals surface area contributed by atoms with E-state index in [9.17, 15) is 9.59 Å². The molecule has 0 bridgehead atoms. The zero-order chi connectivity index (χ0) is 15.9. The fourth-order valence-corrected chi connectivity index (χ4v) is 3.88. The molecule has 118 valence electrons. The summed E-state index contributed by atoms with van der Waals surface area (Å²) in [5.41, 5.74) is -0.281. The van der Waals surface area contributed by atoms with Gasteiger partial charge in [0.05, 0.1) is 17.0 Å². The Labute approximate surface area is 137 Å². The normalized spacial score (nSPS) is 23.1. The first-order valence-electron chi connectivity index (χ1n) is 7.60. The number of piperidine rings is 1. The molecular weight excluding hydrogens is 312 g/mol. The Kier molecular flexibility index (Phi) is 3.34. The highest BCUT2D eigenvalue weighted by molar-refractivity contribution is 7.12. The lowest BCUT2D eigenvalue weighted by atomic mass is 9.98. The van der Waals surface area contributed by atoms with E-state index in [1.807, 2.05) is 29.6 Å². The molecular formula is C17H16N2O3S. The minimum absolute atomic E-state index is 0.00391. The second kappa shape index (κ2) is 5.38. The molecule has 1 aromatic carbocycles. The molecule has 0 unspecified atom stereocenters. The molecule has 1 atom stereocenters. The van der Waals surface area contributed by atoms with Crippen LogP contribution in [0, 0.1) is 0 Å². The number of thiophene rings is 1. The predicted molar refractivity (Wildman–Crippen MR) is 86.7 cm³/mol. The second-order valence-electron chi connectivity index (χ2n) is 5.85. The van der Waals surface area contributed by atoms with Crippen molar-refractivity contribution >= 4 is 23.2 Å². The van der Waals surface area contributed by atoms with Crippen LogP contribution >= 0.6 is 11.3 Å². The van der Waals surface area contributed by atoms with Crippen molar-refractivity contribution in [3.8, 4) is 5.75 Å². The van der Waals surface area contributed by atoms with Gasteiger partial charge >= 0.3 is 0 Å². The molecule has 3 heterocycles. The number of carbonyl (C=O) groups excluding carboxylic acids is 2. The fourth-order valence-electron chi connectivity index (χ4n) is 3.19. The van der Waals surface area contributed by atoms with Crippen LogP contribution in [0.1, 0.15) is 32.9 Å². The van der Waals surface area contributed by atoms with Crippen LogP contribution in [0.15, 0.2) is 41.8 Å². The van der Waals surface area contributed by atoms with Gasteiger partial charge in [-0.05, 0) is 30.0 Å². The summed E-state index contributed by atoms with van der Waals surface area (Å²) in [6.07, 6.45) is 1.49. The smallest absolute Gasteiger partial charge is 0.264 e. The van der Waals surface area contributed by atoms with Crippen molar-refractivity contribution in [2.45, 2.75) is 18.6 Å². The zero-order valence-electron chi connectivity index (χ0n) is 12.5. The summed E-state index contributed by atoms with van der Waals surface area (Å²) in [6, 6.07) is 10.9. The van der Waals surface area contributed by atoms with E-state index in [0.717, 1.165) is 6.42 Å². The predicted octanol–water partition coefficient (Wildman–Crippen LogP) is 2.50. The van der Waals surface area contributed by atoms with Gasteiger partial charge < -0.3 is 15.0 Å². The molecule has 0 aliphatic carbocycles. The molecule has 2 aliphatic rings. The molecule has 1 aromatic heterocycles. The van der Waals surface area contributed by atoms with Gasteiger partial charge in [0.25, 0.3) is 11.8 Å². The lowest BCUT2D eigenvalue weighted by Gasteiger charge is -2.45. The van der Waals surface area contributed by atoms with E-state index in [1.165, 1.54) is 11.3 Å². The van der Waals surface area contributed by atoms with E-state index in [-0.39, 0.29) is 11.8 Å². The molecule has 2 aliphatic heterocycles. The number of nitrogens with zero attached hydrogens (tertiary/aromatic N) is 1. The average Bonchev–Trinajstić information content (AvgIpc) is 3.08. The van der Waals surface area contributed by atoms with Crippen molar-refractivity contribution in [2.24, 2.45) is 0 Å². The van der Waals surface area contributed by atoms with Gasteiger partial charge in [-0.15, -0.1) is 11.3 Å². The largest absolute Gasteiger partial charge is 0.465 e. The van der Waals surface area contributed by atoms with Crippen LogP contribution < -0.4 is 10.1 Å². The molecule has 5 nitrogen and oxygen atoms in total. The standard InChI is InChI=1S/C17H16N2O3S/c20-15-12-5-1-2-6-13(12)22-17(18-15)8-4-9-19(11-17)16(21)14-7-3-10-23-14/h1-3,5-7,10H,4,8-9,11H2,(H,18,20)/t17-/m0/s1. The van der Waals surface area contributed by atoms with Gasteiger partial charge in [-0.25, -0.2) is 0 Å². The Morgan fingerprint density at radius 2 is 2.13 bits per heavy atom. The number of para-hydroxylation sites is 1. The summed E-state index contributed by atoms with van der Waals surface area (Å²) in [7, 11) is 0. The second-order valence-corrected chi connectivity index (χ2v) is 6.80. The number of nitrogens with one attached hydrogen (secondary N) is 1. The van der Waals surface area contributed by atoms with Crippen LogP contribution in [0.3, 0.4) is 0 Å². The maximum Gasteiger partial charge on any atom is 0.264 e. The van der Waals surface area contributed by atoms with E-state index < -0.39 is 5.72 Å². The lowest BCUT2D eigenvalue weighted by molar-refractivity contribution is -0.0312. The summed E-state index contributed by atoms with van der Waals surface area (Å²) in [5, 5.41) is 4.86. The van der Waals surface area contributed by atoms with Crippen molar-refractivity contribution < 1.29 is 14.3 Å². The minimum Gasteiger partial charge on any atom is -0.465 e. The zero-order valence-corrected chi connectivity index (χ0v) is 13.3. The van der Waals surface area contributed by atoms with Gasteiger partial charge in [-0.1, -0.05) is 18.2 Å². The van der Waals surface area contributed by atoms with Crippen molar-refractivity contribution in [3.05, 3.63) is 52.2 Å². The third-order valence-electron chi connectivity index (χ3n) is 4.25. The maximum absolute atomic E-state index is 12.6. The molecule has 6 heteroatoms. The van der Waals surface area contributed by atoms with E-state index in [0.29, 0.717) is 35.7 Å². The summed E-state index contributed by atoms with van der Waals surface area (Å²) in [4.78, 5) is 27.4. The molecule has 0 radical (unpaired) electrons. The molecule has 1 saturated heterocycles. The summed E-state index contributed by atoms with van der Waals surface area (Å²) < 4.78 is 6.11.